The third-order valence-electron chi connectivity index (χ3n) is 4.63. The molecule has 2 aromatic rings. The zero-order valence-corrected chi connectivity index (χ0v) is 17.0. The van der Waals surface area contributed by atoms with Crippen molar-refractivity contribution in [2.45, 2.75) is 37.8 Å². The molecule has 0 saturated carbocycles. The molecule has 2 aromatic carbocycles. The highest BCUT2D eigenvalue weighted by Crippen LogP contribution is 2.19. The molecular weight excluding hydrogens is 390 g/mol. The number of carbonyl (C=O) groups is 3. The van der Waals surface area contributed by atoms with Crippen LogP contribution in [0.4, 0.5) is 0 Å². The van der Waals surface area contributed by atoms with E-state index in [9.17, 15) is 14.4 Å². The number of aliphatic carboxylic acids is 1. The Labute approximate surface area is 175 Å². The van der Waals surface area contributed by atoms with E-state index in [1.165, 1.54) is 0 Å². The summed E-state index contributed by atoms with van der Waals surface area (Å²) in [6, 6.07) is 11.6. The van der Waals surface area contributed by atoms with Gasteiger partial charge in [-0.05, 0) is 42.1 Å². The number of unbranched alkanes of at least 4 members (excludes halogenated alkanes) is 1. The third kappa shape index (κ3) is 6.76. The lowest BCUT2D eigenvalue weighted by molar-refractivity contribution is -0.141. The number of hydrogen-bond acceptors (Lipinski definition) is 5. The van der Waals surface area contributed by atoms with Crippen molar-refractivity contribution < 1.29 is 19.5 Å². The van der Waals surface area contributed by atoms with Crippen molar-refractivity contribution in [3.05, 3.63) is 48.0 Å². The molecule has 2 rings (SSSR count). The molecule has 2 amide bonds. The van der Waals surface area contributed by atoms with Crippen LogP contribution in [0.1, 0.15) is 24.8 Å². The number of thiol groups is 1. The van der Waals surface area contributed by atoms with Crippen LogP contribution in [0.25, 0.3) is 10.8 Å². The predicted octanol–water partition coefficient (Wildman–Crippen LogP) is 1.50. The van der Waals surface area contributed by atoms with E-state index in [-0.39, 0.29) is 18.1 Å². The van der Waals surface area contributed by atoms with Gasteiger partial charge in [-0.1, -0.05) is 42.5 Å². The fraction of sp³-hybridized carbons (Fsp3) is 0.381. The molecule has 0 aliphatic heterocycles. The van der Waals surface area contributed by atoms with Gasteiger partial charge in [0.15, 0.2) is 0 Å². The lowest BCUT2D eigenvalue weighted by Gasteiger charge is -2.21. The summed E-state index contributed by atoms with van der Waals surface area (Å²) in [6.07, 6.45) is 1.85. The van der Waals surface area contributed by atoms with Gasteiger partial charge in [0, 0.05) is 5.75 Å². The second kappa shape index (κ2) is 11.4. The third-order valence-corrected chi connectivity index (χ3v) is 4.99. The van der Waals surface area contributed by atoms with Gasteiger partial charge in [0.05, 0.1) is 6.42 Å². The fourth-order valence-electron chi connectivity index (χ4n) is 3.08. The minimum Gasteiger partial charge on any atom is -0.480 e. The first-order valence-corrected chi connectivity index (χ1v) is 10.2. The summed E-state index contributed by atoms with van der Waals surface area (Å²) in [5.41, 5.74) is 6.37. The van der Waals surface area contributed by atoms with Crippen molar-refractivity contribution in [3.8, 4) is 0 Å². The largest absolute Gasteiger partial charge is 0.480 e. The molecule has 0 bridgehead atoms. The highest BCUT2D eigenvalue weighted by molar-refractivity contribution is 7.80. The second-order valence-electron chi connectivity index (χ2n) is 6.80. The van der Waals surface area contributed by atoms with E-state index in [0.717, 1.165) is 16.3 Å². The smallest absolute Gasteiger partial charge is 0.327 e. The van der Waals surface area contributed by atoms with Gasteiger partial charge in [-0.2, -0.15) is 12.6 Å². The van der Waals surface area contributed by atoms with Crippen molar-refractivity contribution in [3.63, 3.8) is 0 Å². The van der Waals surface area contributed by atoms with E-state index in [1.54, 1.807) is 0 Å². The van der Waals surface area contributed by atoms with E-state index in [1.807, 2.05) is 42.5 Å². The quantitative estimate of drug-likeness (QED) is 0.280. The summed E-state index contributed by atoms with van der Waals surface area (Å²) in [5, 5.41) is 16.3. The minimum atomic E-state index is -1.17. The summed E-state index contributed by atoms with van der Waals surface area (Å²) >= 11 is 3.95. The van der Waals surface area contributed by atoms with Gasteiger partial charge in [-0.25, -0.2) is 4.79 Å². The average molecular weight is 418 g/mol. The second-order valence-corrected chi connectivity index (χ2v) is 7.17. The van der Waals surface area contributed by atoms with Crippen LogP contribution in [0.15, 0.2) is 42.5 Å². The lowest BCUT2D eigenvalue weighted by atomic mass is 10.0. The Hall–Kier alpha value is -2.58. The number of rotatable bonds is 11. The van der Waals surface area contributed by atoms with E-state index in [4.69, 9.17) is 10.8 Å². The maximum Gasteiger partial charge on any atom is 0.327 e. The van der Waals surface area contributed by atoms with Crippen LogP contribution in [0, 0.1) is 0 Å². The Morgan fingerprint density at radius 1 is 1.00 bits per heavy atom. The van der Waals surface area contributed by atoms with E-state index >= 15 is 0 Å². The highest BCUT2D eigenvalue weighted by Gasteiger charge is 2.25. The van der Waals surface area contributed by atoms with Crippen molar-refractivity contribution in [1.29, 1.82) is 0 Å². The van der Waals surface area contributed by atoms with Crippen LogP contribution in [0.5, 0.6) is 0 Å². The van der Waals surface area contributed by atoms with Gasteiger partial charge >= 0.3 is 5.97 Å². The Morgan fingerprint density at radius 2 is 1.72 bits per heavy atom. The fourth-order valence-corrected chi connectivity index (χ4v) is 3.33. The molecule has 0 aliphatic rings. The number of carboxylic acids is 1. The zero-order chi connectivity index (χ0) is 21.2. The molecule has 0 saturated heterocycles. The molecule has 2 atom stereocenters. The van der Waals surface area contributed by atoms with Crippen molar-refractivity contribution in [2.75, 3.05) is 12.3 Å². The predicted molar refractivity (Wildman–Crippen MR) is 116 cm³/mol. The topological polar surface area (TPSA) is 122 Å². The van der Waals surface area contributed by atoms with Gasteiger partial charge in [-0.15, -0.1) is 0 Å². The Morgan fingerprint density at radius 3 is 2.41 bits per heavy atom. The Balaban J connectivity index is 2.09. The number of carbonyl (C=O) groups excluding carboxylic acids is 2. The first-order valence-electron chi connectivity index (χ1n) is 9.56. The van der Waals surface area contributed by atoms with Crippen LogP contribution in [-0.2, 0) is 20.8 Å². The summed E-state index contributed by atoms with van der Waals surface area (Å²) in [6.45, 7) is 0.479. The van der Waals surface area contributed by atoms with Crippen molar-refractivity contribution >= 4 is 41.2 Å². The molecule has 5 N–H and O–H groups in total. The summed E-state index contributed by atoms with van der Waals surface area (Å²) in [7, 11) is 0. The van der Waals surface area contributed by atoms with Crippen molar-refractivity contribution in [1.82, 2.24) is 10.6 Å². The monoisotopic (exact) mass is 417 g/mol. The molecule has 1 unspecified atom stereocenters. The molecule has 0 aromatic heterocycles. The zero-order valence-electron chi connectivity index (χ0n) is 16.1. The maximum absolute atomic E-state index is 12.6. The lowest BCUT2D eigenvalue weighted by Crippen LogP contribution is -2.52. The number of benzene rings is 2. The van der Waals surface area contributed by atoms with Gasteiger partial charge in [0.1, 0.15) is 12.1 Å². The highest BCUT2D eigenvalue weighted by atomic mass is 32.1. The molecule has 8 heteroatoms. The number of nitrogens with two attached hydrogens (primary N) is 1. The van der Waals surface area contributed by atoms with Crippen LogP contribution < -0.4 is 16.4 Å². The van der Waals surface area contributed by atoms with E-state index < -0.39 is 24.0 Å². The molecular formula is C21H27N3O4S. The first-order chi connectivity index (χ1) is 14.0. The van der Waals surface area contributed by atoms with Gasteiger partial charge in [0.25, 0.3) is 0 Å². The summed E-state index contributed by atoms with van der Waals surface area (Å²) in [4.78, 5) is 36.4. The van der Waals surface area contributed by atoms with Gasteiger partial charge in [0.2, 0.25) is 11.8 Å². The SMILES string of the molecule is NCCCCC(NC(=O)Cc1cccc2ccccc12)C(=O)N[C@@H](CS)C(=O)O. The normalized spacial score (nSPS) is 12.9. The van der Waals surface area contributed by atoms with E-state index in [0.29, 0.717) is 25.8 Å². The van der Waals surface area contributed by atoms with Gasteiger partial charge < -0.3 is 21.5 Å². The van der Waals surface area contributed by atoms with Gasteiger partial charge in [-0.3, -0.25) is 9.59 Å². The molecule has 0 radical (unpaired) electrons. The summed E-state index contributed by atoms with van der Waals surface area (Å²) in [5.74, 6) is -2.04. The number of hydrogen-bond donors (Lipinski definition) is 5. The van der Waals surface area contributed by atoms with Crippen molar-refractivity contribution in [2.24, 2.45) is 5.73 Å². The number of fused-ring (bicyclic) bond motifs is 1. The van der Waals surface area contributed by atoms with Crippen LogP contribution in [-0.4, -0.2) is 47.3 Å². The van der Waals surface area contributed by atoms with Crippen LogP contribution >= 0.6 is 12.6 Å². The molecule has 7 nitrogen and oxygen atoms in total. The average Bonchev–Trinajstić information content (AvgIpc) is 2.71. The number of carboxylic acid groups (broad SMARTS) is 1. The number of amides is 2. The molecule has 0 fully saturated rings. The molecule has 29 heavy (non-hydrogen) atoms. The molecule has 156 valence electrons. The first kappa shape index (κ1) is 22.7. The molecule has 0 aliphatic carbocycles. The van der Waals surface area contributed by atoms with Crippen LogP contribution in [0.2, 0.25) is 0 Å². The van der Waals surface area contributed by atoms with Crippen LogP contribution in [0.3, 0.4) is 0 Å². The molecule has 0 spiro atoms. The standard InChI is InChI=1S/C21H27N3O4S/c22-11-4-3-10-17(20(26)24-18(13-29)21(27)28)23-19(25)12-15-8-5-7-14-6-1-2-9-16(14)15/h1-2,5-9,17-18,29H,3-4,10-13,22H2,(H,23,25)(H,24,26)(H,27,28)/t17?,18-/m0/s1. The maximum atomic E-state index is 12.6. The molecule has 0 heterocycles. The Kier molecular flexibility index (Phi) is 8.95. The number of nitrogens with one attached hydrogen (secondary N) is 2. The Bertz CT molecular complexity index is 853. The van der Waals surface area contributed by atoms with E-state index in [2.05, 4.69) is 23.3 Å². The summed E-state index contributed by atoms with van der Waals surface area (Å²) < 4.78 is 0. The minimum absolute atomic E-state index is 0.0411.